The summed E-state index contributed by atoms with van der Waals surface area (Å²) < 4.78 is 43.6. The number of alkyl halides is 3. The van der Waals surface area contributed by atoms with Crippen molar-refractivity contribution in [3.8, 4) is 5.75 Å². The number of likely N-dealkylation sites (tertiary alicyclic amines) is 1. The van der Waals surface area contributed by atoms with E-state index < -0.39 is 11.7 Å². The zero-order valence-corrected chi connectivity index (χ0v) is 16.4. The third-order valence-corrected chi connectivity index (χ3v) is 5.87. The molecule has 2 nitrogen and oxygen atoms in total. The van der Waals surface area contributed by atoms with E-state index >= 15 is 0 Å². The van der Waals surface area contributed by atoms with Crippen molar-refractivity contribution in [3.63, 3.8) is 0 Å². The number of nitrogens with zero attached hydrogens (tertiary/aromatic N) is 1. The molecule has 2 aromatic rings. The lowest BCUT2D eigenvalue weighted by Crippen LogP contribution is -2.46. The number of halogens is 3. The van der Waals surface area contributed by atoms with E-state index in [1.165, 1.54) is 68.5 Å². The molecule has 1 saturated heterocycles. The number of benzene rings is 2. The van der Waals surface area contributed by atoms with Crippen molar-refractivity contribution in [2.75, 3.05) is 13.1 Å². The highest BCUT2D eigenvalue weighted by Crippen LogP contribution is 2.32. The van der Waals surface area contributed by atoms with Gasteiger partial charge in [0.2, 0.25) is 0 Å². The number of hydrogen-bond donors (Lipinski definition) is 0. The first-order valence-corrected chi connectivity index (χ1v) is 10.3. The minimum Gasteiger partial charge on any atom is -0.489 e. The Balaban J connectivity index is 1.36. The lowest BCUT2D eigenvalue weighted by atomic mass is 9.86. The Morgan fingerprint density at radius 3 is 2.28 bits per heavy atom. The van der Waals surface area contributed by atoms with Crippen molar-refractivity contribution >= 4 is 6.08 Å². The van der Waals surface area contributed by atoms with E-state index in [1.807, 2.05) is 12.1 Å². The molecule has 0 N–H and O–H groups in total. The maximum Gasteiger partial charge on any atom is 0.416 e. The predicted molar refractivity (Wildman–Crippen MR) is 109 cm³/mol. The van der Waals surface area contributed by atoms with Gasteiger partial charge < -0.3 is 4.74 Å². The van der Waals surface area contributed by atoms with E-state index in [4.69, 9.17) is 4.74 Å². The van der Waals surface area contributed by atoms with Gasteiger partial charge in [-0.15, -0.1) is 0 Å². The summed E-state index contributed by atoms with van der Waals surface area (Å²) in [6, 6.07) is 13.7. The second kappa shape index (κ2) is 8.62. The molecule has 5 heteroatoms. The van der Waals surface area contributed by atoms with Gasteiger partial charge in [0.05, 0.1) is 5.56 Å². The third-order valence-electron chi connectivity index (χ3n) is 5.87. The summed E-state index contributed by atoms with van der Waals surface area (Å²) >= 11 is 0. The molecule has 154 valence electrons. The van der Waals surface area contributed by atoms with E-state index in [-0.39, 0.29) is 6.61 Å². The highest BCUT2D eigenvalue weighted by Gasteiger charge is 2.30. The molecule has 1 heterocycles. The molecule has 29 heavy (non-hydrogen) atoms. The fraction of sp³-hybridized carbons (Fsp3) is 0.417. The van der Waals surface area contributed by atoms with Crippen molar-refractivity contribution in [3.05, 3.63) is 70.8 Å². The lowest BCUT2D eigenvalue weighted by molar-refractivity contribution is -0.137. The summed E-state index contributed by atoms with van der Waals surface area (Å²) in [6.45, 7) is 2.69. The summed E-state index contributed by atoms with van der Waals surface area (Å²) in [5.74, 6) is 0.718. The molecular formula is C24H26F3NO. The Kier molecular flexibility index (Phi) is 5.95. The molecule has 1 atom stereocenters. The minimum atomic E-state index is -4.31. The Bertz CT molecular complexity index is 836. The van der Waals surface area contributed by atoms with Crippen molar-refractivity contribution in [2.24, 2.45) is 0 Å². The van der Waals surface area contributed by atoms with E-state index in [2.05, 4.69) is 23.1 Å². The molecule has 2 aliphatic rings. The number of ether oxygens (including phenoxy) is 1. The molecule has 0 radical (unpaired) electrons. The van der Waals surface area contributed by atoms with E-state index in [1.54, 1.807) is 0 Å². The zero-order valence-electron chi connectivity index (χ0n) is 16.4. The van der Waals surface area contributed by atoms with Gasteiger partial charge in [-0.25, -0.2) is 0 Å². The van der Waals surface area contributed by atoms with Crippen LogP contribution in [0.3, 0.4) is 0 Å². The van der Waals surface area contributed by atoms with Crippen LogP contribution in [0.1, 0.15) is 48.8 Å². The van der Waals surface area contributed by atoms with Gasteiger partial charge in [0.15, 0.2) is 0 Å². The van der Waals surface area contributed by atoms with Crippen LogP contribution in [0.4, 0.5) is 13.2 Å². The molecule has 1 unspecified atom stereocenters. The normalized spacial score (nSPS) is 21.8. The Morgan fingerprint density at radius 2 is 1.66 bits per heavy atom. The van der Waals surface area contributed by atoms with E-state index in [0.29, 0.717) is 11.6 Å². The average Bonchev–Trinajstić information content (AvgIpc) is 2.67. The highest BCUT2D eigenvalue weighted by atomic mass is 19.4. The van der Waals surface area contributed by atoms with Gasteiger partial charge in [0.1, 0.15) is 12.4 Å². The van der Waals surface area contributed by atoms with Crippen LogP contribution in [-0.4, -0.2) is 24.0 Å². The summed E-state index contributed by atoms with van der Waals surface area (Å²) in [5, 5.41) is 0. The third kappa shape index (κ3) is 5.02. The summed E-state index contributed by atoms with van der Waals surface area (Å²) in [5.41, 5.74) is 2.78. The maximum absolute atomic E-state index is 12.6. The van der Waals surface area contributed by atoms with E-state index in [9.17, 15) is 13.2 Å². The molecule has 4 rings (SSSR count). The molecular weight excluding hydrogens is 375 g/mol. The van der Waals surface area contributed by atoms with Gasteiger partial charge in [-0.1, -0.05) is 42.3 Å². The number of hydrogen-bond acceptors (Lipinski definition) is 2. The summed E-state index contributed by atoms with van der Waals surface area (Å²) in [6.07, 6.45) is 4.35. The van der Waals surface area contributed by atoms with E-state index in [0.717, 1.165) is 17.9 Å². The fourth-order valence-corrected chi connectivity index (χ4v) is 4.09. The van der Waals surface area contributed by atoms with Crippen LogP contribution in [-0.2, 0) is 12.8 Å². The lowest BCUT2D eigenvalue weighted by Gasteiger charge is -2.42. The fourth-order valence-electron chi connectivity index (χ4n) is 4.09. The largest absolute Gasteiger partial charge is 0.489 e. The second-order valence-electron chi connectivity index (χ2n) is 7.92. The minimum absolute atomic E-state index is 0.246. The molecule has 2 aromatic carbocycles. The van der Waals surface area contributed by atoms with Crippen molar-refractivity contribution in [1.82, 2.24) is 4.90 Å². The zero-order chi connectivity index (χ0) is 20.3. The van der Waals surface area contributed by atoms with Gasteiger partial charge in [-0.2, -0.15) is 13.2 Å². The molecule has 0 amide bonds. The first-order chi connectivity index (χ1) is 14.0. The second-order valence-corrected chi connectivity index (χ2v) is 7.92. The van der Waals surface area contributed by atoms with Crippen molar-refractivity contribution in [2.45, 2.75) is 50.9 Å². The molecule has 1 aliphatic carbocycles. The van der Waals surface area contributed by atoms with Crippen LogP contribution in [0.15, 0.2) is 54.1 Å². The molecule has 0 bridgehead atoms. The first-order valence-electron chi connectivity index (χ1n) is 10.3. The SMILES string of the molecule is FC(F)(F)c1ccc(COc2ccc(/C=C3/CCCCC3N3CCC3)cc2)cc1. The summed E-state index contributed by atoms with van der Waals surface area (Å²) in [7, 11) is 0. The van der Waals surface area contributed by atoms with Crippen LogP contribution < -0.4 is 4.74 Å². The first kappa shape index (κ1) is 20.0. The van der Waals surface area contributed by atoms with Gasteiger partial charge >= 0.3 is 6.18 Å². The molecule has 2 fully saturated rings. The highest BCUT2D eigenvalue weighted by molar-refractivity contribution is 5.55. The smallest absolute Gasteiger partial charge is 0.416 e. The van der Waals surface area contributed by atoms with Gasteiger partial charge in [-0.05, 0) is 74.2 Å². The van der Waals surface area contributed by atoms with Crippen LogP contribution in [0.2, 0.25) is 0 Å². The standard InChI is InChI=1S/C24H26F3NO/c25-24(26,27)21-10-6-19(7-11-21)17-29-22-12-8-18(9-13-22)16-20-4-1-2-5-23(20)28-14-3-15-28/h6-13,16,23H,1-5,14-15,17H2/b20-16-. The quantitative estimate of drug-likeness (QED) is 0.582. The molecule has 0 spiro atoms. The van der Waals surface area contributed by atoms with Crippen molar-refractivity contribution in [1.29, 1.82) is 0 Å². The summed E-state index contributed by atoms with van der Waals surface area (Å²) in [4.78, 5) is 2.59. The van der Waals surface area contributed by atoms with Crippen molar-refractivity contribution < 1.29 is 17.9 Å². The molecule has 0 aromatic heterocycles. The Morgan fingerprint density at radius 1 is 0.931 bits per heavy atom. The van der Waals surface area contributed by atoms with Gasteiger partial charge in [-0.3, -0.25) is 4.90 Å². The van der Waals surface area contributed by atoms with Gasteiger partial charge in [0, 0.05) is 6.04 Å². The Labute approximate surface area is 170 Å². The monoisotopic (exact) mass is 401 g/mol. The van der Waals surface area contributed by atoms with Gasteiger partial charge in [0.25, 0.3) is 0 Å². The van der Waals surface area contributed by atoms with Crippen LogP contribution >= 0.6 is 0 Å². The predicted octanol–water partition coefficient (Wildman–Crippen LogP) is 6.32. The number of rotatable bonds is 5. The maximum atomic E-state index is 12.6. The van der Waals surface area contributed by atoms with Crippen LogP contribution in [0.25, 0.3) is 6.08 Å². The average molecular weight is 401 g/mol. The Hall–Kier alpha value is -2.27. The van der Waals surface area contributed by atoms with Crippen LogP contribution in [0, 0.1) is 0 Å². The molecule has 1 saturated carbocycles. The topological polar surface area (TPSA) is 12.5 Å². The van der Waals surface area contributed by atoms with Crippen LogP contribution in [0.5, 0.6) is 5.75 Å². The molecule has 1 aliphatic heterocycles.